The molecule has 1 fully saturated rings. The van der Waals surface area contributed by atoms with Crippen LogP contribution in [0.3, 0.4) is 0 Å². The average Bonchev–Trinajstić information content (AvgIpc) is 2.98. The summed E-state index contributed by atoms with van der Waals surface area (Å²) >= 11 is 0. The Labute approximate surface area is 180 Å². The molecule has 3 rings (SSSR count). The van der Waals surface area contributed by atoms with Gasteiger partial charge in [0.15, 0.2) is 0 Å². The Bertz CT molecular complexity index is 1020. The predicted octanol–water partition coefficient (Wildman–Crippen LogP) is 4.67. The molecule has 1 aliphatic rings. The van der Waals surface area contributed by atoms with Crippen LogP contribution in [0.1, 0.15) is 71.3 Å². The van der Waals surface area contributed by atoms with E-state index in [1.807, 2.05) is 39.8 Å². The van der Waals surface area contributed by atoms with E-state index in [4.69, 9.17) is 0 Å². The van der Waals surface area contributed by atoms with Gasteiger partial charge in [-0.25, -0.2) is 8.42 Å². The maximum absolute atomic E-state index is 13.1. The third-order valence-electron chi connectivity index (χ3n) is 5.90. The number of aryl methyl sites for hydroxylation is 3. The summed E-state index contributed by atoms with van der Waals surface area (Å²) < 4.78 is 27.8. The second-order valence-corrected chi connectivity index (χ2v) is 10.3. The Morgan fingerprint density at radius 2 is 1.60 bits per heavy atom. The summed E-state index contributed by atoms with van der Waals surface area (Å²) in [5.41, 5.74) is 4.52. The lowest BCUT2D eigenvalue weighted by Gasteiger charge is -2.21. The van der Waals surface area contributed by atoms with Crippen LogP contribution in [0.15, 0.2) is 41.3 Å². The second-order valence-electron chi connectivity index (χ2n) is 8.35. The van der Waals surface area contributed by atoms with Gasteiger partial charge in [0.1, 0.15) is 0 Å². The quantitative estimate of drug-likeness (QED) is 0.753. The van der Waals surface area contributed by atoms with Gasteiger partial charge >= 0.3 is 0 Å². The van der Waals surface area contributed by atoms with Crippen LogP contribution in [0.2, 0.25) is 0 Å². The number of hydrogen-bond acceptors (Lipinski definition) is 3. The number of hydrogen-bond donors (Lipinski definition) is 1. The highest BCUT2D eigenvalue weighted by atomic mass is 32.2. The van der Waals surface area contributed by atoms with Crippen LogP contribution in [0.25, 0.3) is 0 Å². The van der Waals surface area contributed by atoms with E-state index >= 15 is 0 Å². The average molecular weight is 429 g/mol. The SMILES string of the molecule is Cc1ccc(C(C)NC(=O)c2cc(S(=O)(=O)N3CCCCCC3)ccc2C)c(C)c1. The van der Waals surface area contributed by atoms with E-state index in [1.54, 1.807) is 16.4 Å². The zero-order valence-corrected chi connectivity index (χ0v) is 19.2. The molecule has 2 aromatic carbocycles. The van der Waals surface area contributed by atoms with E-state index in [1.165, 1.54) is 11.6 Å². The molecule has 5 nitrogen and oxygen atoms in total. The topological polar surface area (TPSA) is 66.5 Å². The minimum atomic E-state index is -3.60. The van der Waals surface area contributed by atoms with E-state index < -0.39 is 10.0 Å². The van der Waals surface area contributed by atoms with Crippen molar-refractivity contribution < 1.29 is 13.2 Å². The van der Waals surface area contributed by atoms with Gasteiger partial charge in [0.05, 0.1) is 10.9 Å². The molecule has 0 radical (unpaired) electrons. The molecule has 2 aromatic rings. The largest absolute Gasteiger partial charge is 0.345 e. The van der Waals surface area contributed by atoms with Crippen LogP contribution >= 0.6 is 0 Å². The highest BCUT2D eigenvalue weighted by Crippen LogP contribution is 2.24. The Balaban J connectivity index is 1.84. The van der Waals surface area contributed by atoms with Gasteiger partial charge in [0.25, 0.3) is 5.91 Å². The van der Waals surface area contributed by atoms with E-state index in [0.29, 0.717) is 18.7 Å². The van der Waals surface area contributed by atoms with Gasteiger partial charge in [0.2, 0.25) is 10.0 Å². The van der Waals surface area contributed by atoms with Gasteiger partial charge in [-0.2, -0.15) is 4.31 Å². The van der Waals surface area contributed by atoms with E-state index in [2.05, 4.69) is 11.4 Å². The lowest BCUT2D eigenvalue weighted by molar-refractivity contribution is 0.0939. The van der Waals surface area contributed by atoms with Crippen molar-refractivity contribution in [2.45, 2.75) is 64.3 Å². The molecule has 1 atom stereocenters. The van der Waals surface area contributed by atoms with E-state index in [9.17, 15) is 13.2 Å². The molecule has 1 heterocycles. The molecule has 0 aromatic heterocycles. The number of carbonyl (C=O) groups excluding carboxylic acids is 1. The molecule has 0 saturated carbocycles. The van der Waals surface area contributed by atoms with Crippen molar-refractivity contribution in [1.29, 1.82) is 0 Å². The number of sulfonamides is 1. The molecule has 0 aliphatic carbocycles. The molecular weight excluding hydrogens is 396 g/mol. The summed E-state index contributed by atoms with van der Waals surface area (Å²) in [4.78, 5) is 13.2. The third-order valence-corrected chi connectivity index (χ3v) is 7.79. The summed E-state index contributed by atoms with van der Waals surface area (Å²) in [5.74, 6) is -0.257. The van der Waals surface area contributed by atoms with Crippen molar-refractivity contribution in [1.82, 2.24) is 9.62 Å². The van der Waals surface area contributed by atoms with Crippen LogP contribution < -0.4 is 5.32 Å². The fourth-order valence-electron chi connectivity index (χ4n) is 4.10. The standard InChI is InChI=1S/C24H32N2O3S/c1-17-9-12-22(19(3)15-17)20(4)25-24(27)23-16-21(11-10-18(23)2)30(28,29)26-13-7-5-6-8-14-26/h9-12,15-16,20H,5-8,13-14H2,1-4H3,(H,25,27). The Hall–Kier alpha value is -2.18. The van der Waals surface area contributed by atoms with Gasteiger partial charge in [0, 0.05) is 18.7 Å². The summed E-state index contributed by atoms with van der Waals surface area (Å²) in [6.45, 7) is 8.94. The van der Waals surface area contributed by atoms with Crippen LogP contribution in [0.4, 0.5) is 0 Å². The normalized spacial score (nSPS) is 16.7. The smallest absolute Gasteiger partial charge is 0.252 e. The fraction of sp³-hybridized carbons (Fsp3) is 0.458. The number of benzene rings is 2. The highest BCUT2D eigenvalue weighted by Gasteiger charge is 2.26. The van der Waals surface area contributed by atoms with Crippen molar-refractivity contribution in [3.8, 4) is 0 Å². The lowest BCUT2D eigenvalue weighted by atomic mass is 9.99. The first-order chi connectivity index (χ1) is 14.2. The van der Waals surface area contributed by atoms with Crippen molar-refractivity contribution in [3.63, 3.8) is 0 Å². The van der Waals surface area contributed by atoms with Crippen molar-refractivity contribution in [2.75, 3.05) is 13.1 Å². The zero-order chi connectivity index (χ0) is 21.9. The first kappa shape index (κ1) is 22.5. The lowest BCUT2D eigenvalue weighted by Crippen LogP contribution is -2.32. The van der Waals surface area contributed by atoms with Crippen LogP contribution in [0.5, 0.6) is 0 Å². The Kier molecular flexibility index (Phi) is 6.98. The van der Waals surface area contributed by atoms with Crippen LogP contribution in [-0.4, -0.2) is 31.7 Å². The van der Waals surface area contributed by atoms with E-state index in [0.717, 1.165) is 42.4 Å². The molecular formula is C24H32N2O3S. The number of carbonyl (C=O) groups is 1. The maximum atomic E-state index is 13.1. The van der Waals surface area contributed by atoms with Crippen molar-refractivity contribution >= 4 is 15.9 Å². The first-order valence-corrected chi connectivity index (χ1v) is 12.1. The molecule has 1 amide bonds. The van der Waals surface area contributed by atoms with Gasteiger partial charge in [-0.15, -0.1) is 0 Å². The number of nitrogens with one attached hydrogen (secondary N) is 1. The van der Waals surface area contributed by atoms with E-state index in [-0.39, 0.29) is 16.8 Å². The summed E-state index contributed by atoms with van der Waals surface area (Å²) in [6, 6.07) is 10.8. The molecule has 1 saturated heterocycles. The minimum Gasteiger partial charge on any atom is -0.345 e. The van der Waals surface area contributed by atoms with Gasteiger partial charge in [-0.1, -0.05) is 42.7 Å². The Morgan fingerprint density at radius 1 is 0.933 bits per heavy atom. The van der Waals surface area contributed by atoms with Crippen LogP contribution in [-0.2, 0) is 10.0 Å². The zero-order valence-electron chi connectivity index (χ0n) is 18.4. The minimum absolute atomic E-state index is 0.177. The second kappa shape index (κ2) is 9.31. The molecule has 0 bridgehead atoms. The molecule has 6 heteroatoms. The highest BCUT2D eigenvalue weighted by molar-refractivity contribution is 7.89. The predicted molar refractivity (Wildman–Crippen MR) is 120 cm³/mol. The maximum Gasteiger partial charge on any atom is 0.252 e. The Morgan fingerprint density at radius 3 is 2.23 bits per heavy atom. The fourth-order valence-corrected chi connectivity index (χ4v) is 5.64. The third kappa shape index (κ3) is 4.93. The molecule has 1 aliphatic heterocycles. The summed E-state index contributed by atoms with van der Waals surface area (Å²) in [6.07, 6.45) is 3.88. The number of rotatable bonds is 5. The van der Waals surface area contributed by atoms with Gasteiger partial charge in [-0.05, 0) is 69.4 Å². The van der Waals surface area contributed by atoms with Crippen molar-refractivity contribution in [3.05, 3.63) is 64.2 Å². The van der Waals surface area contributed by atoms with Gasteiger partial charge < -0.3 is 5.32 Å². The monoisotopic (exact) mass is 428 g/mol. The number of nitrogens with zero attached hydrogens (tertiary/aromatic N) is 1. The molecule has 162 valence electrons. The summed E-state index contributed by atoms with van der Waals surface area (Å²) in [7, 11) is -3.60. The molecule has 30 heavy (non-hydrogen) atoms. The van der Waals surface area contributed by atoms with Gasteiger partial charge in [-0.3, -0.25) is 4.79 Å². The molecule has 1 N–H and O–H groups in total. The molecule has 0 spiro atoms. The first-order valence-electron chi connectivity index (χ1n) is 10.7. The number of amides is 1. The van der Waals surface area contributed by atoms with Crippen molar-refractivity contribution in [2.24, 2.45) is 0 Å². The molecule has 1 unspecified atom stereocenters. The van der Waals surface area contributed by atoms with Crippen LogP contribution in [0, 0.1) is 20.8 Å². The summed E-state index contributed by atoms with van der Waals surface area (Å²) in [5, 5.41) is 3.03.